The Kier molecular flexibility index (Phi) is 6.21. The molecule has 6 heteroatoms. The van der Waals surface area contributed by atoms with Crippen LogP contribution in [-0.2, 0) is 4.57 Å². The number of alkyl halides is 2. The summed E-state index contributed by atoms with van der Waals surface area (Å²) >= 11 is 16.6. The lowest BCUT2D eigenvalue weighted by molar-refractivity contribution is 0.462. The number of halogens is 3. The van der Waals surface area contributed by atoms with Crippen molar-refractivity contribution in [2.45, 2.75) is 0 Å². The van der Waals surface area contributed by atoms with E-state index < -0.39 is 6.65 Å². The molecule has 0 heterocycles. The van der Waals surface area contributed by atoms with Crippen LogP contribution in [0.4, 0.5) is 0 Å². The van der Waals surface area contributed by atoms with Crippen molar-refractivity contribution in [1.82, 2.24) is 4.67 Å². The number of hydrogen-bond acceptors (Lipinski definition) is 1. The van der Waals surface area contributed by atoms with Crippen LogP contribution in [0.15, 0.2) is 0 Å². The molecule has 0 aliphatic carbocycles. The molecule has 0 saturated heterocycles. The van der Waals surface area contributed by atoms with Crippen molar-refractivity contribution >= 4 is 41.1 Å². The summed E-state index contributed by atoms with van der Waals surface area (Å²) in [6.45, 7) is -0.140. The average Bonchev–Trinajstić information content (AvgIpc) is 1.85. The molecule has 0 saturated carbocycles. The van der Waals surface area contributed by atoms with Crippen LogP contribution in [0.25, 0.3) is 0 Å². The van der Waals surface area contributed by atoms with E-state index in [1.165, 1.54) is 6.66 Å². The summed E-state index contributed by atoms with van der Waals surface area (Å²) in [5.41, 5.74) is 0. The first-order chi connectivity index (χ1) is 5.02. The van der Waals surface area contributed by atoms with E-state index in [-0.39, 0.29) is 0 Å². The maximum Gasteiger partial charge on any atom is 0.231 e. The highest BCUT2D eigenvalue weighted by Crippen LogP contribution is 2.50. The van der Waals surface area contributed by atoms with Crippen LogP contribution in [0.3, 0.4) is 0 Å². The molecule has 0 aliphatic heterocycles. The molecule has 0 aromatic rings. The molecule has 0 amide bonds. The first-order valence-electron chi connectivity index (χ1n) is 3.17. The molecule has 0 rings (SSSR count). The van der Waals surface area contributed by atoms with Gasteiger partial charge in [0.2, 0.25) is 6.65 Å². The first kappa shape index (κ1) is 12.1. The maximum absolute atomic E-state index is 11.3. The van der Waals surface area contributed by atoms with Crippen LogP contribution in [0.2, 0.25) is 0 Å². The predicted octanol–water partition coefficient (Wildman–Crippen LogP) is 2.83. The Morgan fingerprint density at radius 3 is 1.82 bits per heavy atom. The summed E-state index contributed by atoms with van der Waals surface area (Å²) in [6.07, 6.45) is 0. The predicted molar refractivity (Wildman–Crippen MR) is 52.4 cm³/mol. The van der Waals surface area contributed by atoms with Crippen molar-refractivity contribution in [2.75, 3.05) is 31.5 Å². The molecular weight excluding hydrogens is 227 g/mol. The van der Waals surface area contributed by atoms with E-state index in [0.29, 0.717) is 24.8 Å². The van der Waals surface area contributed by atoms with Crippen LogP contribution in [0, 0.1) is 0 Å². The van der Waals surface area contributed by atoms with Gasteiger partial charge in [-0.05, 0) is 11.2 Å². The standard InChI is InChI=1S/C5H11Cl3NOP/c1-11(8,10)9(4-2-6)5-3-7/h2-5H2,1H3. The van der Waals surface area contributed by atoms with Crippen LogP contribution in [-0.4, -0.2) is 36.2 Å². The zero-order chi connectivity index (χ0) is 8.91. The van der Waals surface area contributed by atoms with Gasteiger partial charge in [0.25, 0.3) is 0 Å². The Labute approximate surface area is 82.0 Å². The molecule has 2 nitrogen and oxygen atoms in total. The Bertz CT molecular complexity index is 143. The Morgan fingerprint density at radius 2 is 1.64 bits per heavy atom. The molecule has 0 bridgehead atoms. The molecule has 11 heavy (non-hydrogen) atoms. The average molecular weight is 238 g/mol. The Hall–Kier alpha value is 1.06. The summed E-state index contributed by atoms with van der Waals surface area (Å²) in [6, 6.07) is 0. The topological polar surface area (TPSA) is 20.3 Å². The monoisotopic (exact) mass is 237 g/mol. The Morgan fingerprint density at radius 1 is 1.27 bits per heavy atom. The minimum absolute atomic E-state index is 0.418. The third-order valence-electron chi connectivity index (χ3n) is 1.19. The van der Waals surface area contributed by atoms with E-state index in [2.05, 4.69) is 0 Å². The fraction of sp³-hybridized carbons (Fsp3) is 1.00. The quantitative estimate of drug-likeness (QED) is 0.542. The normalized spacial score (nSPS) is 16.8. The number of hydrogen-bond donors (Lipinski definition) is 0. The lowest BCUT2D eigenvalue weighted by atomic mass is 10.6. The van der Waals surface area contributed by atoms with Crippen molar-refractivity contribution in [3.8, 4) is 0 Å². The van der Waals surface area contributed by atoms with E-state index in [0.717, 1.165) is 0 Å². The molecule has 68 valence electrons. The van der Waals surface area contributed by atoms with Crippen molar-refractivity contribution in [3.63, 3.8) is 0 Å². The molecular formula is C5H11Cl3NOP. The van der Waals surface area contributed by atoms with Gasteiger partial charge in [-0.25, -0.2) is 4.67 Å². The maximum atomic E-state index is 11.3. The highest BCUT2D eigenvalue weighted by molar-refractivity contribution is 7.86. The summed E-state index contributed by atoms with van der Waals surface area (Å²) < 4.78 is 12.9. The van der Waals surface area contributed by atoms with Gasteiger partial charge in [0, 0.05) is 31.5 Å². The molecule has 0 aromatic carbocycles. The lowest BCUT2D eigenvalue weighted by Crippen LogP contribution is -2.22. The van der Waals surface area contributed by atoms with Gasteiger partial charge in [-0.2, -0.15) is 0 Å². The van der Waals surface area contributed by atoms with Gasteiger partial charge in [-0.1, -0.05) is 0 Å². The van der Waals surface area contributed by atoms with E-state index in [4.69, 9.17) is 34.4 Å². The number of rotatable bonds is 5. The summed E-state index contributed by atoms with van der Waals surface area (Å²) in [4.78, 5) is 0. The molecule has 0 aliphatic rings. The molecule has 0 N–H and O–H groups in total. The van der Waals surface area contributed by atoms with Gasteiger partial charge >= 0.3 is 0 Å². The Balaban J connectivity index is 3.99. The van der Waals surface area contributed by atoms with E-state index in [1.54, 1.807) is 4.67 Å². The van der Waals surface area contributed by atoms with Gasteiger partial charge < -0.3 is 0 Å². The minimum atomic E-state index is -2.67. The fourth-order valence-corrected chi connectivity index (χ4v) is 2.68. The third-order valence-corrected chi connectivity index (χ3v) is 3.58. The van der Waals surface area contributed by atoms with E-state index in [1.807, 2.05) is 0 Å². The zero-order valence-corrected chi connectivity index (χ0v) is 9.43. The van der Waals surface area contributed by atoms with Gasteiger partial charge in [0.15, 0.2) is 0 Å². The van der Waals surface area contributed by atoms with Crippen LogP contribution < -0.4 is 0 Å². The second-order valence-corrected chi connectivity index (χ2v) is 6.87. The molecule has 1 unspecified atom stereocenters. The highest BCUT2D eigenvalue weighted by atomic mass is 35.7. The lowest BCUT2D eigenvalue weighted by Gasteiger charge is -2.21. The third kappa shape index (κ3) is 5.32. The van der Waals surface area contributed by atoms with Crippen LogP contribution >= 0.6 is 41.1 Å². The second-order valence-electron chi connectivity index (χ2n) is 2.11. The van der Waals surface area contributed by atoms with Crippen molar-refractivity contribution in [1.29, 1.82) is 0 Å². The van der Waals surface area contributed by atoms with Crippen molar-refractivity contribution in [3.05, 3.63) is 0 Å². The van der Waals surface area contributed by atoms with Gasteiger partial charge in [0.1, 0.15) is 0 Å². The van der Waals surface area contributed by atoms with E-state index in [9.17, 15) is 4.57 Å². The fourth-order valence-electron chi connectivity index (χ4n) is 0.664. The molecule has 0 radical (unpaired) electrons. The smallest absolute Gasteiger partial charge is 0.231 e. The summed E-state index contributed by atoms with van der Waals surface area (Å²) in [5, 5.41) is 0. The number of nitrogens with zero attached hydrogens (tertiary/aromatic N) is 1. The van der Waals surface area contributed by atoms with Crippen molar-refractivity contribution in [2.24, 2.45) is 0 Å². The first-order valence-corrected chi connectivity index (χ1v) is 7.25. The molecule has 0 fully saturated rings. The van der Waals surface area contributed by atoms with Crippen LogP contribution in [0.5, 0.6) is 0 Å². The minimum Gasteiger partial charge on any atom is -0.289 e. The van der Waals surface area contributed by atoms with Gasteiger partial charge in [-0.15, -0.1) is 23.2 Å². The highest BCUT2D eigenvalue weighted by Gasteiger charge is 2.20. The van der Waals surface area contributed by atoms with E-state index >= 15 is 0 Å². The van der Waals surface area contributed by atoms with Gasteiger partial charge in [0.05, 0.1) is 0 Å². The zero-order valence-electron chi connectivity index (χ0n) is 6.26. The van der Waals surface area contributed by atoms with Gasteiger partial charge in [-0.3, -0.25) is 4.57 Å². The SMILES string of the molecule is CP(=O)(Cl)N(CCCl)CCCl. The molecule has 0 aromatic heterocycles. The molecule has 1 atom stereocenters. The molecule has 0 spiro atoms. The largest absolute Gasteiger partial charge is 0.289 e. The van der Waals surface area contributed by atoms with Crippen molar-refractivity contribution < 1.29 is 4.57 Å². The summed E-state index contributed by atoms with van der Waals surface area (Å²) in [7, 11) is 0. The van der Waals surface area contributed by atoms with Crippen LogP contribution in [0.1, 0.15) is 0 Å². The summed E-state index contributed by atoms with van der Waals surface area (Å²) in [5.74, 6) is 0.836. The second kappa shape index (κ2) is 5.66.